The number of hydrogen-bond donors (Lipinski definition) is 2. The molecule has 6 heteroatoms. The molecule has 1 aliphatic heterocycles. The first-order valence-electron chi connectivity index (χ1n) is 5.88. The molecular weight excluding hydrogens is 248 g/mol. The van der Waals surface area contributed by atoms with Crippen molar-refractivity contribution < 1.29 is 4.79 Å². The largest absolute Gasteiger partial charge is 0.389 e. The molecular formula is C12H16N4OS. The molecule has 5 nitrogen and oxygen atoms in total. The van der Waals surface area contributed by atoms with Gasteiger partial charge in [-0.25, -0.2) is 4.98 Å². The minimum Gasteiger partial charge on any atom is -0.389 e. The van der Waals surface area contributed by atoms with Gasteiger partial charge in [-0.2, -0.15) is 0 Å². The summed E-state index contributed by atoms with van der Waals surface area (Å²) in [5.41, 5.74) is 11.6. The van der Waals surface area contributed by atoms with Crippen LogP contribution in [0.3, 0.4) is 0 Å². The number of nitrogens with two attached hydrogens (primary N) is 2. The number of hydrogen-bond acceptors (Lipinski definition) is 4. The molecule has 96 valence electrons. The van der Waals surface area contributed by atoms with Crippen molar-refractivity contribution in [3.63, 3.8) is 0 Å². The number of primary amides is 1. The molecule has 1 amide bonds. The Morgan fingerprint density at radius 3 is 2.78 bits per heavy atom. The molecule has 1 unspecified atom stereocenters. The van der Waals surface area contributed by atoms with Crippen molar-refractivity contribution in [3.05, 3.63) is 23.9 Å². The zero-order valence-corrected chi connectivity index (χ0v) is 10.8. The number of piperidine rings is 1. The van der Waals surface area contributed by atoms with E-state index >= 15 is 0 Å². The molecule has 0 radical (unpaired) electrons. The number of carbonyl (C=O) groups is 1. The summed E-state index contributed by atoms with van der Waals surface area (Å²) in [6.07, 6.45) is 3.47. The summed E-state index contributed by atoms with van der Waals surface area (Å²) < 4.78 is 0. The standard InChI is InChI=1S/C12H16N4OS/c13-11(17)9-2-1-5-16(7-9)10-4-3-8(6-15-10)12(14)18/h3-4,6,9H,1-2,5,7H2,(H2,13,17)(H2,14,18). The molecule has 2 heterocycles. The lowest BCUT2D eigenvalue weighted by Crippen LogP contribution is -2.41. The summed E-state index contributed by atoms with van der Waals surface area (Å²) in [4.78, 5) is 17.9. The summed E-state index contributed by atoms with van der Waals surface area (Å²) >= 11 is 4.88. The molecule has 0 spiro atoms. The van der Waals surface area contributed by atoms with Gasteiger partial charge in [0.2, 0.25) is 5.91 Å². The fourth-order valence-electron chi connectivity index (χ4n) is 2.14. The molecule has 4 N–H and O–H groups in total. The van der Waals surface area contributed by atoms with Crippen LogP contribution >= 0.6 is 12.2 Å². The highest BCUT2D eigenvalue weighted by atomic mass is 32.1. The van der Waals surface area contributed by atoms with E-state index in [0.717, 1.165) is 30.8 Å². The third-order valence-electron chi connectivity index (χ3n) is 3.18. The first-order valence-corrected chi connectivity index (χ1v) is 6.29. The van der Waals surface area contributed by atoms with Crippen LogP contribution in [0.5, 0.6) is 0 Å². The lowest BCUT2D eigenvalue weighted by atomic mass is 9.97. The Bertz CT molecular complexity index is 460. The van der Waals surface area contributed by atoms with E-state index in [2.05, 4.69) is 9.88 Å². The molecule has 0 saturated carbocycles. The van der Waals surface area contributed by atoms with Crippen LogP contribution < -0.4 is 16.4 Å². The highest BCUT2D eigenvalue weighted by Gasteiger charge is 2.24. The SMILES string of the molecule is NC(=O)C1CCCN(c2ccc(C(N)=S)cn2)C1. The van der Waals surface area contributed by atoms with E-state index in [1.165, 1.54) is 0 Å². The smallest absolute Gasteiger partial charge is 0.222 e. The Kier molecular flexibility index (Phi) is 3.76. The number of amides is 1. The first kappa shape index (κ1) is 12.8. The predicted molar refractivity (Wildman–Crippen MR) is 74.3 cm³/mol. The van der Waals surface area contributed by atoms with Crippen LogP contribution in [0, 0.1) is 5.92 Å². The van der Waals surface area contributed by atoms with Gasteiger partial charge in [0, 0.05) is 24.8 Å². The van der Waals surface area contributed by atoms with Crippen molar-refractivity contribution in [1.82, 2.24) is 4.98 Å². The monoisotopic (exact) mass is 264 g/mol. The van der Waals surface area contributed by atoms with Gasteiger partial charge in [-0.05, 0) is 25.0 Å². The minimum absolute atomic E-state index is 0.0872. The van der Waals surface area contributed by atoms with Crippen LogP contribution in [0.15, 0.2) is 18.3 Å². The number of rotatable bonds is 3. The summed E-state index contributed by atoms with van der Waals surface area (Å²) in [6, 6.07) is 3.72. The second-order valence-electron chi connectivity index (χ2n) is 4.46. The first-order chi connectivity index (χ1) is 8.58. The van der Waals surface area contributed by atoms with Crippen LogP contribution in [0.2, 0.25) is 0 Å². The van der Waals surface area contributed by atoms with Crippen molar-refractivity contribution in [2.75, 3.05) is 18.0 Å². The molecule has 1 saturated heterocycles. The number of aromatic nitrogens is 1. The third-order valence-corrected chi connectivity index (χ3v) is 3.42. The average Bonchev–Trinajstić information content (AvgIpc) is 2.39. The lowest BCUT2D eigenvalue weighted by molar-refractivity contribution is -0.122. The maximum absolute atomic E-state index is 11.2. The molecule has 0 aliphatic carbocycles. The molecule has 1 aliphatic rings. The van der Waals surface area contributed by atoms with Gasteiger partial charge in [0.1, 0.15) is 10.8 Å². The molecule has 0 bridgehead atoms. The van der Waals surface area contributed by atoms with Crippen molar-refractivity contribution >= 4 is 28.9 Å². The van der Waals surface area contributed by atoms with Gasteiger partial charge < -0.3 is 16.4 Å². The van der Waals surface area contributed by atoms with Crippen LogP contribution in [0.1, 0.15) is 18.4 Å². The summed E-state index contributed by atoms with van der Waals surface area (Å²) in [5.74, 6) is 0.510. The number of carbonyl (C=O) groups excluding carboxylic acids is 1. The molecule has 1 aromatic rings. The zero-order valence-electron chi connectivity index (χ0n) is 10.0. The van der Waals surface area contributed by atoms with Gasteiger partial charge >= 0.3 is 0 Å². The molecule has 1 fully saturated rings. The maximum atomic E-state index is 11.2. The Morgan fingerprint density at radius 2 is 2.22 bits per heavy atom. The van der Waals surface area contributed by atoms with E-state index < -0.39 is 0 Å². The fourth-order valence-corrected chi connectivity index (χ4v) is 2.26. The van der Waals surface area contributed by atoms with Crippen molar-refractivity contribution in [1.29, 1.82) is 0 Å². The van der Waals surface area contributed by atoms with Crippen LogP contribution in [-0.2, 0) is 4.79 Å². The second-order valence-corrected chi connectivity index (χ2v) is 4.90. The predicted octanol–water partition coefficient (Wildman–Crippen LogP) is 0.417. The minimum atomic E-state index is -0.237. The molecule has 1 aromatic heterocycles. The van der Waals surface area contributed by atoms with Gasteiger partial charge in [-0.1, -0.05) is 12.2 Å². The fraction of sp³-hybridized carbons (Fsp3) is 0.417. The number of thiocarbonyl (C=S) groups is 1. The number of pyridine rings is 1. The van der Waals surface area contributed by atoms with Crippen LogP contribution in [-0.4, -0.2) is 29.0 Å². The van der Waals surface area contributed by atoms with E-state index in [0.29, 0.717) is 11.5 Å². The van der Waals surface area contributed by atoms with E-state index in [1.54, 1.807) is 6.20 Å². The molecule has 1 atom stereocenters. The summed E-state index contributed by atoms with van der Waals surface area (Å²) in [7, 11) is 0. The maximum Gasteiger partial charge on any atom is 0.222 e. The molecule has 2 rings (SSSR count). The second kappa shape index (κ2) is 5.30. The summed E-state index contributed by atoms with van der Waals surface area (Å²) in [6.45, 7) is 1.53. The average molecular weight is 264 g/mol. The van der Waals surface area contributed by atoms with Gasteiger partial charge in [0.05, 0.1) is 5.92 Å². The van der Waals surface area contributed by atoms with E-state index in [-0.39, 0.29) is 11.8 Å². The summed E-state index contributed by atoms with van der Waals surface area (Å²) in [5, 5.41) is 0. The zero-order chi connectivity index (χ0) is 13.1. The van der Waals surface area contributed by atoms with E-state index in [9.17, 15) is 4.79 Å². The van der Waals surface area contributed by atoms with E-state index in [1.807, 2.05) is 12.1 Å². The third kappa shape index (κ3) is 2.76. The topological polar surface area (TPSA) is 85.2 Å². The van der Waals surface area contributed by atoms with Crippen molar-refractivity contribution in [3.8, 4) is 0 Å². The quantitative estimate of drug-likeness (QED) is 0.773. The van der Waals surface area contributed by atoms with Gasteiger partial charge in [0.15, 0.2) is 0 Å². The van der Waals surface area contributed by atoms with Crippen LogP contribution in [0.4, 0.5) is 5.82 Å². The van der Waals surface area contributed by atoms with Crippen molar-refractivity contribution in [2.45, 2.75) is 12.8 Å². The molecule has 18 heavy (non-hydrogen) atoms. The van der Waals surface area contributed by atoms with Gasteiger partial charge in [-0.15, -0.1) is 0 Å². The number of anilines is 1. The highest BCUT2D eigenvalue weighted by Crippen LogP contribution is 2.21. The Labute approximate surface area is 111 Å². The van der Waals surface area contributed by atoms with E-state index in [4.69, 9.17) is 23.7 Å². The highest BCUT2D eigenvalue weighted by molar-refractivity contribution is 7.80. The molecule has 0 aromatic carbocycles. The van der Waals surface area contributed by atoms with Gasteiger partial charge in [0.25, 0.3) is 0 Å². The lowest BCUT2D eigenvalue weighted by Gasteiger charge is -2.32. The van der Waals surface area contributed by atoms with Crippen LogP contribution in [0.25, 0.3) is 0 Å². The normalized spacial score (nSPS) is 19.6. The van der Waals surface area contributed by atoms with Gasteiger partial charge in [-0.3, -0.25) is 4.79 Å². The Morgan fingerprint density at radius 1 is 1.44 bits per heavy atom. The van der Waals surface area contributed by atoms with Crippen molar-refractivity contribution in [2.24, 2.45) is 17.4 Å². The number of nitrogens with zero attached hydrogens (tertiary/aromatic N) is 2. The Hall–Kier alpha value is -1.69. The Balaban J connectivity index is 2.11.